The van der Waals surface area contributed by atoms with Crippen LogP contribution in [0.25, 0.3) is 0 Å². The van der Waals surface area contributed by atoms with Crippen LogP contribution in [0.15, 0.2) is 29.4 Å². The zero-order valence-corrected chi connectivity index (χ0v) is 12.7. The van der Waals surface area contributed by atoms with E-state index in [0.717, 1.165) is 4.90 Å². The van der Waals surface area contributed by atoms with E-state index >= 15 is 0 Å². The van der Waals surface area contributed by atoms with Gasteiger partial charge in [-0.1, -0.05) is 29.4 Å². The smallest absolute Gasteiger partial charge is 0.409 e. The number of hydrogen-bond acceptors (Lipinski definition) is 4. The summed E-state index contributed by atoms with van der Waals surface area (Å²) in [6.45, 7) is 5.28. The average molecular weight is 284 g/mol. The van der Waals surface area contributed by atoms with Crippen molar-refractivity contribution in [2.75, 3.05) is 7.05 Å². The fourth-order valence-corrected chi connectivity index (χ4v) is 1.58. The van der Waals surface area contributed by atoms with Gasteiger partial charge in [0.05, 0.1) is 21.9 Å². The van der Waals surface area contributed by atoms with Crippen LogP contribution in [-0.4, -0.2) is 50.8 Å². The highest BCUT2D eigenvalue weighted by molar-refractivity contribution is 6.40. The molecule has 1 aromatic carbocycles. The summed E-state index contributed by atoms with van der Waals surface area (Å²) >= 11 is 0. The van der Waals surface area contributed by atoms with E-state index in [9.17, 15) is 4.79 Å². The van der Waals surface area contributed by atoms with Gasteiger partial charge in [-0.2, -0.15) is 0 Å². The Hall–Kier alpha value is -1.91. The second kappa shape index (κ2) is 6.24. The number of benzene rings is 1. The molecule has 1 N–H and O–H groups in total. The number of amides is 1. The Bertz CT molecular complexity index is 522. The maximum atomic E-state index is 12.0. The highest BCUT2D eigenvalue weighted by Crippen LogP contribution is 2.23. The summed E-state index contributed by atoms with van der Waals surface area (Å²) in [5, 5.41) is 9.88. The minimum atomic E-state index is -1.52. The molecule has 0 saturated carbocycles. The molecule has 0 bridgehead atoms. The van der Waals surface area contributed by atoms with Gasteiger partial charge >= 0.3 is 6.09 Å². The number of hydrogen-bond donors (Lipinski definition) is 1. The van der Waals surface area contributed by atoms with Crippen molar-refractivity contribution in [3.63, 3.8) is 0 Å². The van der Waals surface area contributed by atoms with Crippen molar-refractivity contribution in [2.45, 2.75) is 31.7 Å². The summed E-state index contributed by atoms with van der Waals surface area (Å²) in [7, 11) is 13.6. The lowest BCUT2D eigenvalue weighted by Gasteiger charge is -2.38. The molecular formula is C14H18B2N2O3. The molecule has 1 amide bonds. The van der Waals surface area contributed by atoms with E-state index in [0.29, 0.717) is 11.1 Å². The topological polar surface area (TPSA) is 62.1 Å². The van der Waals surface area contributed by atoms with Crippen LogP contribution in [0.5, 0.6) is 0 Å². The molecule has 21 heavy (non-hydrogen) atoms. The summed E-state index contributed by atoms with van der Waals surface area (Å²) < 4.78 is 5.24. The Morgan fingerprint density at radius 1 is 1.29 bits per heavy atom. The lowest BCUT2D eigenvalue weighted by molar-refractivity contribution is 0.0243. The Kier molecular flexibility index (Phi) is 5.10. The Morgan fingerprint density at radius 2 is 1.81 bits per heavy atom. The van der Waals surface area contributed by atoms with Gasteiger partial charge < -0.3 is 14.8 Å². The lowest BCUT2D eigenvalue weighted by Crippen LogP contribution is -2.49. The molecule has 0 aliphatic rings. The molecule has 0 spiro atoms. The summed E-state index contributed by atoms with van der Waals surface area (Å²) in [4.78, 5) is 13.2. The quantitative estimate of drug-likeness (QED) is 0.398. The van der Waals surface area contributed by atoms with Crippen molar-refractivity contribution < 1.29 is 14.7 Å². The number of carbonyl (C=O) groups excluding carboxylic acids is 1. The molecular weight excluding hydrogens is 266 g/mol. The van der Waals surface area contributed by atoms with Crippen molar-refractivity contribution in [3.05, 3.63) is 35.4 Å². The zero-order valence-electron chi connectivity index (χ0n) is 12.7. The summed E-state index contributed by atoms with van der Waals surface area (Å²) in [5.74, 6) is 0. The van der Waals surface area contributed by atoms with E-state index < -0.39 is 17.0 Å². The van der Waals surface area contributed by atoms with Crippen molar-refractivity contribution in [1.82, 2.24) is 4.90 Å². The van der Waals surface area contributed by atoms with E-state index in [1.54, 1.807) is 45.0 Å². The maximum absolute atomic E-state index is 12.0. The molecule has 1 aromatic rings. The summed E-state index contributed by atoms with van der Waals surface area (Å²) in [6.07, 6.45) is 0.657. The van der Waals surface area contributed by atoms with Crippen LogP contribution in [0.4, 0.5) is 4.79 Å². The van der Waals surface area contributed by atoms with Crippen LogP contribution in [0.2, 0.25) is 0 Å². The van der Waals surface area contributed by atoms with E-state index in [-0.39, 0.29) is 0 Å². The summed E-state index contributed by atoms with van der Waals surface area (Å²) in [6, 6.07) is 6.65. The van der Waals surface area contributed by atoms with Crippen LogP contribution in [0.3, 0.4) is 0 Å². The molecule has 108 valence electrons. The van der Waals surface area contributed by atoms with Crippen LogP contribution >= 0.6 is 0 Å². The standard InChI is InChI=1S/C14H18B2N2O3/c1-13(2,3)21-12(19)18(4)14(15,16)11-7-5-10(6-8-11)9-17-20/h5-9,20H,1-4H3/b17-9+. The molecule has 0 aromatic heterocycles. The monoisotopic (exact) mass is 284 g/mol. The molecule has 0 aliphatic heterocycles. The third-order valence-corrected chi connectivity index (χ3v) is 2.80. The minimum Gasteiger partial charge on any atom is -0.444 e. The van der Waals surface area contributed by atoms with Gasteiger partial charge in [0.1, 0.15) is 5.60 Å². The maximum Gasteiger partial charge on any atom is 0.409 e. The second-order valence-corrected chi connectivity index (χ2v) is 5.73. The largest absolute Gasteiger partial charge is 0.444 e. The van der Waals surface area contributed by atoms with Gasteiger partial charge in [0.2, 0.25) is 0 Å². The Labute approximate surface area is 127 Å². The van der Waals surface area contributed by atoms with Gasteiger partial charge in [0.15, 0.2) is 0 Å². The van der Waals surface area contributed by atoms with Crippen LogP contribution in [0, 0.1) is 0 Å². The fraction of sp³-hybridized carbons (Fsp3) is 0.429. The molecule has 0 heterocycles. The normalized spacial score (nSPS) is 12.4. The first-order valence-corrected chi connectivity index (χ1v) is 6.40. The van der Waals surface area contributed by atoms with Gasteiger partial charge in [-0.3, -0.25) is 0 Å². The predicted octanol–water partition coefficient (Wildman–Crippen LogP) is 1.81. The van der Waals surface area contributed by atoms with E-state index in [4.69, 9.17) is 25.6 Å². The van der Waals surface area contributed by atoms with Crippen molar-refractivity contribution >= 4 is 28.0 Å². The second-order valence-electron chi connectivity index (χ2n) is 5.73. The third kappa shape index (κ3) is 4.55. The first-order chi connectivity index (χ1) is 9.58. The fourth-order valence-electron chi connectivity index (χ4n) is 1.58. The number of oxime groups is 1. The van der Waals surface area contributed by atoms with E-state index in [1.165, 1.54) is 13.3 Å². The zero-order chi connectivity index (χ0) is 16.3. The number of carbonyl (C=O) groups is 1. The van der Waals surface area contributed by atoms with Crippen LogP contribution < -0.4 is 0 Å². The molecule has 1 rings (SSSR count). The van der Waals surface area contributed by atoms with Gasteiger partial charge in [0, 0.05) is 7.05 Å². The van der Waals surface area contributed by atoms with E-state index in [2.05, 4.69) is 5.16 Å². The van der Waals surface area contributed by atoms with Gasteiger partial charge in [0.25, 0.3) is 0 Å². The molecule has 0 aliphatic carbocycles. The molecule has 5 nitrogen and oxygen atoms in total. The van der Waals surface area contributed by atoms with Crippen LogP contribution in [0.1, 0.15) is 31.9 Å². The first-order valence-electron chi connectivity index (χ1n) is 6.40. The molecule has 0 fully saturated rings. The van der Waals surface area contributed by atoms with Crippen molar-refractivity contribution in [1.29, 1.82) is 0 Å². The van der Waals surface area contributed by atoms with Gasteiger partial charge in [-0.05, 0) is 37.2 Å². The molecule has 0 atom stereocenters. The number of ether oxygens (including phenoxy) is 1. The van der Waals surface area contributed by atoms with Crippen LogP contribution in [-0.2, 0) is 10.1 Å². The number of nitrogens with zero attached hydrogens (tertiary/aromatic N) is 2. The van der Waals surface area contributed by atoms with Crippen molar-refractivity contribution in [2.24, 2.45) is 5.16 Å². The lowest BCUT2D eigenvalue weighted by atomic mass is 9.57. The summed E-state index contributed by atoms with van der Waals surface area (Å²) in [5.41, 5.74) is 0.561. The SMILES string of the molecule is [B]C([B])(c1ccc(/C=N/O)cc1)N(C)C(=O)OC(C)(C)C. The highest BCUT2D eigenvalue weighted by Gasteiger charge is 2.31. The molecule has 4 radical (unpaired) electrons. The molecule has 7 heteroatoms. The molecule has 0 unspecified atom stereocenters. The Balaban J connectivity index is 2.95. The molecule has 0 saturated heterocycles. The van der Waals surface area contributed by atoms with Gasteiger partial charge in [-0.15, -0.1) is 0 Å². The average Bonchev–Trinajstić information content (AvgIpc) is 2.37. The third-order valence-electron chi connectivity index (χ3n) is 2.80. The van der Waals surface area contributed by atoms with Crippen molar-refractivity contribution in [3.8, 4) is 0 Å². The highest BCUT2D eigenvalue weighted by atomic mass is 16.6. The van der Waals surface area contributed by atoms with Gasteiger partial charge in [-0.25, -0.2) is 4.79 Å². The predicted molar refractivity (Wildman–Crippen MR) is 83.0 cm³/mol. The Morgan fingerprint density at radius 3 is 2.24 bits per heavy atom. The van der Waals surface area contributed by atoms with E-state index in [1.807, 2.05) is 0 Å². The first kappa shape index (κ1) is 17.1. The number of rotatable bonds is 3. The minimum absolute atomic E-state index is 0.519.